The number of carbonyl (C=O) groups excluding carboxylic acids is 2. The van der Waals surface area contributed by atoms with Crippen molar-refractivity contribution in [2.45, 2.75) is 13.8 Å². The number of rotatable bonds is 3. The molecule has 1 amide bonds. The number of carboxylic acid groups (broad SMARTS) is 1. The smallest absolute Gasteiger partial charge is 0.270 e. The zero-order valence-electron chi connectivity index (χ0n) is 13.6. The van der Waals surface area contributed by atoms with Crippen LogP contribution in [0.1, 0.15) is 27.0 Å². The molecule has 0 aromatic heterocycles. The fourth-order valence-electron chi connectivity index (χ4n) is 2.47. The number of benzene rings is 2. The summed E-state index contributed by atoms with van der Waals surface area (Å²) in [5.41, 5.74) is 3.10. The van der Waals surface area contributed by atoms with Gasteiger partial charge in [0.15, 0.2) is 4.32 Å². The Morgan fingerprint density at radius 2 is 1.84 bits per heavy atom. The molecular weight excluding hydrogens is 354 g/mol. The quantitative estimate of drug-likeness (QED) is 0.615. The van der Waals surface area contributed by atoms with Gasteiger partial charge in [-0.3, -0.25) is 9.69 Å². The lowest BCUT2D eigenvalue weighted by atomic mass is 10.1. The molecular formula is C19H14NO3S2-. The molecule has 0 N–H and O–H groups in total. The summed E-state index contributed by atoms with van der Waals surface area (Å²) in [4.78, 5) is 25.8. The number of carboxylic acids is 1. The Balaban J connectivity index is 1.95. The molecule has 25 heavy (non-hydrogen) atoms. The molecule has 6 heteroatoms. The number of hydrogen-bond donors (Lipinski definition) is 0. The zero-order valence-corrected chi connectivity index (χ0v) is 15.2. The summed E-state index contributed by atoms with van der Waals surface area (Å²) < 4.78 is 0.372. The van der Waals surface area contributed by atoms with E-state index >= 15 is 0 Å². The first-order valence-corrected chi connectivity index (χ1v) is 8.76. The summed E-state index contributed by atoms with van der Waals surface area (Å²) in [6, 6.07) is 12.6. The molecule has 1 aliphatic heterocycles. The van der Waals surface area contributed by atoms with Crippen LogP contribution < -0.4 is 10.0 Å². The molecule has 0 spiro atoms. The number of thioether (sulfide) groups is 1. The van der Waals surface area contributed by atoms with Gasteiger partial charge in [0.2, 0.25) is 0 Å². The molecule has 1 aliphatic rings. The van der Waals surface area contributed by atoms with E-state index in [1.807, 2.05) is 31.2 Å². The SMILES string of the molecule is Cc1ccc(/C=C2\SC(=S)N(c3ccc(C)c(C(=O)[O-])c3)C2=O)cc1. The van der Waals surface area contributed by atoms with Crippen LogP contribution in [0.15, 0.2) is 47.4 Å². The van der Waals surface area contributed by atoms with Crippen molar-refractivity contribution in [3.63, 3.8) is 0 Å². The molecule has 1 fully saturated rings. The minimum atomic E-state index is -1.28. The average molecular weight is 368 g/mol. The second kappa shape index (κ2) is 6.82. The van der Waals surface area contributed by atoms with Gasteiger partial charge < -0.3 is 9.90 Å². The topological polar surface area (TPSA) is 60.4 Å². The Kier molecular flexibility index (Phi) is 4.74. The summed E-state index contributed by atoms with van der Waals surface area (Å²) in [6.07, 6.45) is 1.78. The average Bonchev–Trinajstić information content (AvgIpc) is 2.84. The first-order valence-electron chi connectivity index (χ1n) is 7.53. The van der Waals surface area contributed by atoms with Crippen molar-refractivity contribution in [2.75, 3.05) is 4.90 Å². The molecule has 1 saturated heterocycles. The fourth-order valence-corrected chi connectivity index (χ4v) is 3.77. The number of amides is 1. The van der Waals surface area contributed by atoms with Crippen molar-refractivity contribution in [3.05, 3.63) is 69.6 Å². The maximum Gasteiger partial charge on any atom is 0.270 e. The van der Waals surface area contributed by atoms with Gasteiger partial charge in [0, 0.05) is 5.56 Å². The Morgan fingerprint density at radius 1 is 1.16 bits per heavy atom. The lowest BCUT2D eigenvalue weighted by Crippen LogP contribution is -2.29. The van der Waals surface area contributed by atoms with Crippen LogP contribution in [0.4, 0.5) is 5.69 Å². The van der Waals surface area contributed by atoms with Gasteiger partial charge in [-0.15, -0.1) is 0 Å². The minimum absolute atomic E-state index is 0.0501. The van der Waals surface area contributed by atoms with Crippen molar-refractivity contribution in [3.8, 4) is 0 Å². The first-order chi connectivity index (χ1) is 11.9. The number of nitrogens with zero attached hydrogens (tertiary/aromatic N) is 1. The lowest BCUT2D eigenvalue weighted by molar-refractivity contribution is -0.255. The fraction of sp³-hybridized carbons (Fsp3) is 0.105. The van der Waals surface area contributed by atoms with E-state index in [2.05, 4.69) is 0 Å². The Hall–Kier alpha value is -2.44. The monoisotopic (exact) mass is 368 g/mol. The van der Waals surface area contributed by atoms with Crippen LogP contribution in [-0.4, -0.2) is 16.2 Å². The molecule has 0 aliphatic carbocycles. The van der Waals surface area contributed by atoms with Gasteiger partial charge in [-0.05, 0) is 43.2 Å². The summed E-state index contributed by atoms with van der Waals surface area (Å²) in [7, 11) is 0. The molecule has 0 radical (unpaired) electrons. The molecule has 0 saturated carbocycles. The van der Waals surface area contributed by atoms with Gasteiger partial charge in [0.25, 0.3) is 5.91 Å². The molecule has 0 bridgehead atoms. The van der Waals surface area contributed by atoms with E-state index in [1.165, 1.54) is 22.7 Å². The van der Waals surface area contributed by atoms with Crippen molar-refractivity contribution in [2.24, 2.45) is 0 Å². The van der Waals surface area contributed by atoms with E-state index in [-0.39, 0.29) is 11.5 Å². The first kappa shape index (κ1) is 17.4. The van der Waals surface area contributed by atoms with Crippen LogP contribution in [0.5, 0.6) is 0 Å². The molecule has 0 atom stereocenters. The van der Waals surface area contributed by atoms with Gasteiger partial charge in [-0.1, -0.05) is 59.9 Å². The maximum absolute atomic E-state index is 12.7. The third-order valence-corrected chi connectivity index (χ3v) is 5.17. The number of hydrogen-bond acceptors (Lipinski definition) is 5. The maximum atomic E-state index is 12.7. The summed E-state index contributed by atoms with van der Waals surface area (Å²) >= 11 is 6.52. The van der Waals surface area contributed by atoms with Crippen LogP contribution in [0.25, 0.3) is 6.08 Å². The lowest BCUT2D eigenvalue weighted by Gasteiger charge is -2.17. The van der Waals surface area contributed by atoms with Crippen LogP contribution in [0.2, 0.25) is 0 Å². The van der Waals surface area contributed by atoms with Crippen molar-refractivity contribution in [1.29, 1.82) is 0 Å². The third-order valence-electron chi connectivity index (χ3n) is 3.87. The van der Waals surface area contributed by atoms with Gasteiger partial charge in [-0.25, -0.2) is 0 Å². The molecule has 2 aromatic carbocycles. The summed E-state index contributed by atoms with van der Waals surface area (Å²) in [5, 5.41) is 11.2. The highest BCUT2D eigenvalue weighted by Gasteiger charge is 2.33. The molecule has 2 aromatic rings. The van der Waals surface area contributed by atoms with Crippen molar-refractivity contribution >= 4 is 51.9 Å². The molecule has 4 nitrogen and oxygen atoms in total. The van der Waals surface area contributed by atoms with Crippen molar-refractivity contribution in [1.82, 2.24) is 0 Å². The van der Waals surface area contributed by atoms with Gasteiger partial charge >= 0.3 is 0 Å². The highest BCUT2D eigenvalue weighted by molar-refractivity contribution is 8.27. The molecule has 126 valence electrons. The number of anilines is 1. The van der Waals surface area contributed by atoms with E-state index < -0.39 is 5.97 Å². The van der Waals surface area contributed by atoms with Gasteiger partial charge in [-0.2, -0.15) is 0 Å². The van der Waals surface area contributed by atoms with E-state index in [9.17, 15) is 14.7 Å². The number of carbonyl (C=O) groups is 2. The molecule has 3 rings (SSSR count). The van der Waals surface area contributed by atoms with E-state index in [0.717, 1.165) is 11.1 Å². The van der Waals surface area contributed by atoms with Crippen molar-refractivity contribution < 1.29 is 14.7 Å². The zero-order chi connectivity index (χ0) is 18.1. The number of aryl methyl sites for hydroxylation is 2. The summed E-state index contributed by atoms with van der Waals surface area (Å²) in [5.74, 6) is -1.54. The second-order valence-corrected chi connectivity index (χ2v) is 7.39. The van der Waals surface area contributed by atoms with Crippen LogP contribution >= 0.6 is 24.0 Å². The highest BCUT2D eigenvalue weighted by atomic mass is 32.2. The standard InChI is InChI=1S/C19H15NO3S2/c1-11-3-6-13(7-4-11)9-16-17(21)20(19(24)25-16)14-8-5-12(2)15(10-14)18(22)23/h3-10H,1-2H3,(H,22,23)/p-1/b16-9-. The Morgan fingerprint density at radius 3 is 2.48 bits per heavy atom. The predicted octanol–water partition coefficient (Wildman–Crippen LogP) is 3.07. The van der Waals surface area contributed by atoms with Gasteiger partial charge in [0.05, 0.1) is 16.6 Å². The van der Waals surface area contributed by atoms with Crippen LogP contribution in [-0.2, 0) is 4.79 Å². The molecule has 1 heterocycles. The largest absolute Gasteiger partial charge is 0.545 e. The minimum Gasteiger partial charge on any atom is -0.545 e. The van der Waals surface area contributed by atoms with E-state index in [1.54, 1.807) is 25.1 Å². The Bertz CT molecular complexity index is 917. The second-order valence-electron chi connectivity index (χ2n) is 5.71. The van der Waals surface area contributed by atoms with Gasteiger partial charge in [0.1, 0.15) is 0 Å². The third kappa shape index (κ3) is 3.50. The van der Waals surface area contributed by atoms with E-state index in [0.29, 0.717) is 20.5 Å². The Labute approximate surface area is 155 Å². The van der Waals surface area contributed by atoms with Crippen LogP contribution in [0.3, 0.4) is 0 Å². The highest BCUT2D eigenvalue weighted by Crippen LogP contribution is 2.36. The van der Waals surface area contributed by atoms with E-state index in [4.69, 9.17) is 12.2 Å². The number of aromatic carboxylic acids is 1. The summed E-state index contributed by atoms with van der Waals surface area (Å²) in [6.45, 7) is 3.67. The normalized spacial score (nSPS) is 15.9. The van der Waals surface area contributed by atoms with Crippen LogP contribution in [0, 0.1) is 13.8 Å². The molecule has 0 unspecified atom stereocenters. The predicted molar refractivity (Wildman–Crippen MR) is 102 cm³/mol. The number of thiocarbonyl (C=S) groups is 1.